The van der Waals surface area contributed by atoms with Crippen LogP contribution in [-0.4, -0.2) is 29.1 Å². The summed E-state index contributed by atoms with van der Waals surface area (Å²) in [4.78, 5) is 2.36. The van der Waals surface area contributed by atoms with E-state index in [1.807, 2.05) is 6.07 Å². The number of piperidine rings is 1. The molecule has 100 valence electrons. The number of rotatable bonds is 3. The minimum absolute atomic E-state index is 0.313. The van der Waals surface area contributed by atoms with Crippen LogP contribution in [0.2, 0.25) is 5.02 Å². The highest BCUT2D eigenvalue weighted by Crippen LogP contribution is 2.28. The summed E-state index contributed by atoms with van der Waals surface area (Å²) in [5, 5.41) is 10.5. The largest absolute Gasteiger partial charge is 0.508 e. The van der Waals surface area contributed by atoms with E-state index in [0.29, 0.717) is 29.3 Å². The minimum Gasteiger partial charge on any atom is -0.508 e. The SMILES string of the molecule is CC1CCCN(Cc2cc(Cl)ccc2O)C1CN. The molecule has 1 saturated heterocycles. The Morgan fingerprint density at radius 3 is 3.00 bits per heavy atom. The molecular formula is C14H21ClN2O. The van der Waals surface area contributed by atoms with Gasteiger partial charge in [0.15, 0.2) is 0 Å². The first-order valence-corrected chi connectivity index (χ1v) is 6.91. The fraction of sp³-hybridized carbons (Fsp3) is 0.571. The molecule has 2 atom stereocenters. The highest BCUT2D eigenvalue weighted by molar-refractivity contribution is 6.30. The molecule has 1 fully saturated rings. The number of nitrogens with two attached hydrogens (primary N) is 1. The van der Waals surface area contributed by atoms with Gasteiger partial charge in [0, 0.05) is 29.7 Å². The van der Waals surface area contributed by atoms with Gasteiger partial charge in [0.25, 0.3) is 0 Å². The second-order valence-electron chi connectivity index (χ2n) is 5.17. The molecule has 0 aliphatic carbocycles. The van der Waals surface area contributed by atoms with Crippen LogP contribution in [0, 0.1) is 5.92 Å². The lowest BCUT2D eigenvalue weighted by molar-refractivity contribution is 0.0982. The fourth-order valence-electron chi connectivity index (χ4n) is 2.81. The molecule has 1 aliphatic rings. The highest BCUT2D eigenvalue weighted by atomic mass is 35.5. The van der Waals surface area contributed by atoms with Crippen molar-refractivity contribution < 1.29 is 5.11 Å². The van der Waals surface area contributed by atoms with Crippen molar-refractivity contribution in [2.24, 2.45) is 11.7 Å². The highest BCUT2D eigenvalue weighted by Gasteiger charge is 2.27. The lowest BCUT2D eigenvalue weighted by Crippen LogP contribution is -2.48. The summed E-state index contributed by atoms with van der Waals surface area (Å²) in [7, 11) is 0. The second kappa shape index (κ2) is 5.91. The summed E-state index contributed by atoms with van der Waals surface area (Å²) in [6.07, 6.45) is 2.43. The van der Waals surface area contributed by atoms with E-state index in [1.54, 1.807) is 12.1 Å². The van der Waals surface area contributed by atoms with Crippen LogP contribution in [0.1, 0.15) is 25.3 Å². The van der Waals surface area contributed by atoms with E-state index < -0.39 is 0 Å². The first kappa shape index (κ1) is 13.7. The lowest BCUT2D eigenvalue weighted by atomic mass is 9.90. The summed E-state index contributed by atoms with van der Waals surface area (Å²) < 4.78 is 0. The monoisotopic (exact) mass is 268 g/mol. The Morgan fingerprint density at radius 1 is 1.50 bits per heavy atom. The van der Waals surface area contributed by atoms with Gasteiger partial charge in [0.1, 0.15) is 5.75 Å². The molecule has 0 aromatic heterocycles. The van der Waals surface area contributed by atoms with E-state index in [2.05, 4.69) is 11.8 Å². The molecule has 0 radical (unpaired) electrons. The molecular weight excluding hydrogens is 248 g/mol. The Kier molecular flexibility index (Phi) is 4.49. The van der Waals surface area contributed by atoms with Gasteiger partial charge in [0.2, 0.25) is 0 Å². The summed E-state index contributed by atoms with van der Waals surface area (Å²) in [5.74, 6) is 0.929. The quantitative estimate of drug-likeness (QED) is 0.886. The number of aromatic hydroxyl groups is 1. The zero-order valence-corrected chi connectivity index (χ0v) is 11.5. The van der Waals surface area contributed by atoms with Gasteiger partial charge in [0.05, 0.1) is 0 Å². The first-order chi connectivity index (χ1) is 8.61. The Balaban J connectivity index is 2.14. The molecule has 0 bridgehead atoms. The van der Waals surface area contributed by atoms with Crippen LogP contribution in [0.15, 0.2) is 18.2 Å². The predicted octanol–water partition coefficient (Wildman–Crippen LogP) is 2.60. The molecule has 0 spiro atoms. The van der Waals surface area contributed by atoms with Crippen molar-refractivity contribution in [3.05, 3.63) is 28.8 Å². The topological polar surface area (TPSA) is 49.5 Å². The van der Waals surface area contributed by atoms with Crippen molar-refractivity contribution >= 4 is 11.6 Å². The molecule has 2 rings (SSSR count). The number of likely N-dealkylation sites (tertiary alicyclic amines) is 1. The van der Waals surface area contributed by atoms with E-state index in [-0.39, 0.29) is 0 Å². The summed E-state index contributed by atoms with van der Waals surface area (Å²) in [6.45, 7) is 4.68. The first-order valence-electron chi connectivity index (χ1n) is 6.53. The van der Waals surface area contributed by atoms with Crippen molar-refractivity contribution in [3.8, 4) is 5.75 Å². The Hall–Kier alpha value is -0.770. The average Bonchev–Trinajstić information content (AvgIpc) is 2.34. The third-order valence-corrected chi connectivity index (χ3v) is 4.12. The van der Waals surface area contributed by atoms with Gasteiger partial charge < -0.3 is 10.8 Å². The van der Waals surface area contributed by atoms with Crippen molar-refractivity contribution in [2.75, 3.05) is 13.1 Å². The third kappa shape index (κ3) is 2.97. The molecule has 3 N–H and O–H groups in total. The normalized spacial score (nSPS) is 25.3. The smallest absolute Gasteiger partial charge is 0.120 e. The maximum absolute atomic E-state index is 9.87. The maximum Gasteiger partial charge on any atom is 0.120 e. The van der Waals surface area contributed by atoms with Crippen LogP contribution in [0.5, 0.6) is 5.75 Å². The van der Waals surface area contributed by atoms with E-state index >= 15 is 0 Å². The van der Waals surface area contributed by atoms with Gasteiger partial charge in [-0.25, -0.2) is 0 Å². The third-order valence-electron chi connectivity index (χ3n) is 3.89. The molecule has 4 heteroatoms. The van der Waals surface area contributed by atoms with Crippen LogP contribution in [0.3, 0.4) is 0 Å². The number of benzene rings is 1. The van der Waals surface area contributed by atoms with E-state index in [0.717, 1.165) is 18.7 Å². The minimum atomic E-state index is 0.313. The van der Waals surface area contributed by atoms with Gasteiger partial charge in [-0.2, -0.15) is 0 Å². The maximum atomic E-state index is 9.87. The van der Waals surface area contributed by atoms with E-state index in [4.69, 9.17) is 17.3 Å². The van der Waals surface area contributed by atoms with Crippen molar-refractivity contribution in [2.45, 2.75) is 32.4 Å². The number of nitrogens with zero attached hydrogens (tertiary/aromatic N) is 1. The molecule has 0 saturated carbocycles. The van der Waals surface area contributed by atoms with Gasteiger partial charge in [-0.1, -0.05) is 18.5 Å². The van der Waals surface area contributed by atoms with Crippen molar-refractivity contribution in [1.29, 1.82) is 0 Å². The van der Waals surface area contributed by atoms with Gasteiger partial charge in [-0.15, -0.1) is 0 Å². The van der Waals surface area contributed by atoms with Gasteiger partial charge in [-0.3, -0.25) is 4.90 Å². The average molecular weight is 269 g/mol. The molecule has 1 aromatic rings. The van der Waals surface area contributed by atoms with E-state index in [9.17, 15) is 5.11 Å². The number of hydrogen-bond donors (Lipinski definition) is 2. The number of hydrogen-bond acceptors (Lipinski definition) is 3. The zero-order chi connectivity index (χ0) is 13.1. The Bertz CT molecular complexity index is 411. The molecule has 1 aliphatic heterocycles. The molecule has 3 nitrogen and oxygen atoms in total. The van der Waals surface area contributed by atoms with Gasteiger partial charge >= 0.3 is 0 Å². The number of halogens is 1. The fourth-order valence-corrected chi connectivity index (χ4v) is 3.01. The zero-order valence-electron chi connectivity index (χ0n) is 10.8. The van der Waals surface area contributed by atoms with Crippen LogP contribution in [0.25, 0.3) is 0 Å². The molecule has 2 unspecified atom stereocenters. The summed E-state index contributed by atoms with van der Waals surface area (Å²) in [5.41, 5.74) is 6.76. The number of phenols is 1. The Morgan fingerprint density at radius 2 is 2.28 bits per heavy atom. The summed E-state index contributed by atoms with van der Waals surface area (Å²) >= 11 is 5.98. The van der Waals surface area contributed by atoms with E-state index in [1.165, 1.54) is 12.8 Å². The summed E-state index contributed by atoms with van der Waals surface area (Å²) in [6, 6.07) is 5.60. The van der Waals surface area contributed by atoms with Crippen LogP contribution >= 0.6 is 11.6 Å². The second-order valence-corrected chi connectivity index (χ2v) is 5.60. The molecule has 1 heterocycles. The predicted molar refractivity (Wildman–Crippen MR) is 74.8 cm³/mol. The molecule has 1 aromatic carbocycles. The number of phenolic OH excluding ortho intramolecular Hbond substituents is 1. The lowest BCUT2D eigenvalue weighted by Gasteiger charge is -2.39. The molecule has 0 amide bonds. The Labute approximate surface area is 114 Å². The standard InChI is InChI=1S/C14H21ClN2O/c1-10-3-2-6-17(13(10)8-16)9-11-7-12(15)4-5-14(11)18/h4-5,7,10,13,18H,2-3,6,8-9,16H2,1H3. The van der Waals surface area contributed by atoms with Crippen LogP contribution < -0.4 is 5.73 Å². The van der Waals surface area contributed by atoms with Crippen molar-refractivity contribution in [1.82, 2.24) is 4.90 Å². The van der Waals surface area contributed by atoms with Gasteiger partial charge in [-0.05, 0) is 43.5 Å². The molecule has 18 heavy (non-hydrogen) atoms. The van der Waals surface area contributed by atoms with Crippen LogP contribution in [-0.2, 0) is 6.54 Å². The van der Waals surface area contributed by atoms with Crippen molar-refractivity contribution in [3.63, 3.8) is 0 Å². The van der Waals surface area contributed by atoms with Crippen LogP contribution in [0.4, 0.5) is 0 Å².